The predicted octanol–water partition coefficient (Wildman–Crippen LogP) is 2.69. The number of hydrogen-bond acceptors (Lipinski definition) is 5. The number of nitrogens with zero attached hydrogens (tertiary/aromatic N) is 1. The smallest absolute Gasteiger partial charge is 0.326 e. The second-order valence-electron chi connectivity index (χ2n) is 8.45. The number of nitrogens with one attached hydrogen (secondary N) is 2. The first-order chi connectivity index (χ1) is 16.0. The fourth-order valence-electron chi connectivity index (χ4n) is 4.49. The van der Waals surface area contributed by atoms with Crippen LogP contribution in [0.2, 0.25) is 0 Å². The van der Waals surface area contributed by atoms with E-state index >= 15 is 0 Å². The minimum Gasteiger partial charge on any atom is -0.454 e. The molecule has 0 aromatic heterocycles. The molecule has 2 N–H and O–H groups in total. The molecule has 1 saturated heterocycles. The van der Waals surface area contributed by atoms with Crippen molar-refractivity contribution in [1.29, 1.82) is 0 Å². The second kappa shape index (κ2) is 9.85. The van der Waals surface area contributed by atoms with Crippen LogP contribution in [0, 0.1) is 0 Å². The van der Waals surface area contributed by atoms with Gasteiger partial charge in [0.15, 0.2) is 6.61 Å². The molecular formula is C25H27N3O5. The standard InChI is InChI=1S/C25H27N3O5/c29-20(26-22(18-10-4-1-5-11-18)19-12-6-2-7-13-19)17-33-21(30)16-28-23(31)25(27-24(28)32)14-8-3-9-15-25/h1-2,4-7,10-13,22H,3,8-9,14-17H2,(H,26,29)(H,27,32). The molecule has 8 nitrogen and oxygen atoms in total. The number of urea groups is 1. The lowest BCUT2D eigenvalue weighted by Crippen LogP contribution is -2.48. The van der Waals surface area contributed by atoms with E-state index in [-0.39, 0.29) is 5.91 Å². The highest BCUT2D eigenvalue weighted by Gasteiger charge is 2.51. The third-order valence-electron chi connectivity index (χ3n) is 6.18. The summed E-state index contributed by atoms with van der Waals surface area (Å²) in [6.07, 6.45) is 3.88. The first kappa shape index (κ1) is 22.5. The van der Waals surface area contributed by atoms with Crippen LogP contribution in [-0.2, 0) is 19.1 Å². The molecule has 1 aliphatic carbocycles. The lowest BCUT2D eigenvalue weighted by molar-refractivity contribution is -0.151. The van der Waals surface area contributed by atoms with Gasteiger partial charge in [0.05, 0.1) is 6.04 Å². The lowest BCUT2D eigenvalue weighted by Gasteiger charge is -2.30. The summed E-state index contributed by atoms with van der Waals surface area (Å²) >= 11 is 0. The number of amides is 4. The van der Waals surface area contributed by atoms with Gasteiger partial charge in [0.2, 0.25) is 0 Å². The Hall–Kier alpha value is -3.68. The molecule has 4 amide bonds. The fraction of sp³-hybridized carbons (Fsp3) is 0.360. The Morgan fingerprint density at radius 1 is 0.939 bits per heavy atom. The number of rotatable bonds is 7. The van der Waals surface area contributed by atoms with E-state index in [0.29, 0.717) is 12.8 Å². The molecule has 0 radical (unpaired) electrons. The molecule has 0 bridgehead atoms. The van der Waals surface area contributed by atoms with E-state index in [1.807, 2.05) is 60.7 Å². The van der Waals surface area contributed by atoms with Crippen molar-refractivity contribution < 1.29 is 23.9 Å². The third kappa shape index (κ3) is 5.05. The number of carbonyl (C=O) groups is 4. The Morgan fingerprint density at radius 3 is 2.09 bits per heavy atom. The van der Waals surface area contributed by atoms with E-state index in [9.17, 15) is 19.2 Å². The molecule has 2 aromatic rings. The highest BCUT2D eigenvalue weighted by Crippen LogP contribution is 2.33. The van der Waals surface area contributed by atoms with E-state index in [4.69, 9.17) is 4.74 Å². The maximum absolute atomic E-state index is 12.8. The third-order valence-corrected chi connectivity index (χ3v) is 6.18. The van der Waals surface area contributed by atoms with Crippen LogP contribution in [0.25, 0.3) is 0 Å². The molecule has 1 saturated carbocycles. The normalized spacial score (nSPS) is 17.2. The topological polar surface area (TPSA) is 105 Å². The number of esters is 1. The maximum Gasteiger partial charge on any atom is 0.326 e. The number of carbonyl (C=O) groups excluding carboxylic acids is 4. The van der Waals surface area contributed by atoms with E-state index in [1.54, 1.807) is 0 Å². The molecule has 1 spiro atoms. The number of benzene rings is 2. The van der Waals surface area contributed by atoms with E-state index in [1.165, 1.54) is 0 Å². The molecule has 8 heteroatoms. The van der Waals surface area contributed by atoms with E-state index in [2.05, 4.69) is 10.6 Å². The van der Waals surface area contributed by atoms with Crippen molar-refractivity contribution in [3.05, 3.63) is 71.8 Å². The molecule has 2 aliphatic rings. The predicted molar refractivity (Wildman–Crippen MR) is 120 cm³/mol. The highest BCUT2D eigenvalue weighted by atomic mass is 16.5. The van der Waals surface area contributed by atoms with Crippen LogP contribution in [0.3, 0.4) is 0 Å². The van der Waals surface area contributed by atoms with Gasteiger partial charge >= 0.3 is 12.0 Å². The molecular weight excluding hydrogens is 422 g/mol. The minimum absolute atomic E-state index is 0.387. The van der Waals surface area contributed by atoms with Crippen molar-refractivity contribution in [2.75, 3.05) is 13.2 Å². The highest BCUT2D eigenvalue weighted by molar-refractivity contribution is 6.08. The van der Waals surface area contributed by atoms with Crippen molar-refractivity contribution in [3.63, 3.8) is 0 Å². The van der Waals surface area contributed by atoms with Gasteiger partial charge in [-0.2, -0.15) is 0 Å². The summed E-state index contributed by atoms with van der Waals surface area (Å²) in [6, 6.07) is 17.9. The summed E-state index contributed by atoms with van der Waals surface area (Å²) < 4.78 is 5.09. The average Bonchev–Trinajstić information content (AvgIpc) is 3.06. The lowest BCUT2D eigenvalue weighted by atomic mass is 9.82. The van der Waals surface area contributed by atoms with Crippen molar-refractivity contribution in [3.8, 4) is 0 Å². The number of ether oxygens (including phenoxy) is 1. The van der Waals surface area contributed by atoms with Crippen LogP contribution in [0.4, 0.5) is 4.79 Å². The Balaban J connectivity index is 1.34. The van der Waals surface area contributed by atoms with Gasteiger partial charge in [0, 0.05) is 0 Å². The number of imide groups is 1. The summed E-state index contributed by atoms with van der Waals surface area (Å²) in [5.41, 5.74) is 0.881. The van der Waals surface area contributed by atoms with Crippen LogP contribution in [0.15, 0.2) is 60.7 Å². The van der Waals surface area contributed by atoms with Gasteiger partial charge in [-0.15, -0.1) is 0 Å². The Morgan fingerprint density at radius 2 is 1.52 bits per heavy atom. The van der Waals surface area contributed by atoms with Crippen molar-refractivity contribution >= 4 is 23.8 Å². The largest absolute Gasteiger partial charge is 0.454 e. The van der Waals surface area contributed by atoms with Crippen LogP contribution in [0.5, 0.6) is 0 Å². The molecule has 33 heavy (non-hydrogen) atoms. The molecule has 0 unspecified atom stereocenters. The Kier molecular flexibility index (Phi) is 6.72. The molecule has 0 atom stereocenters. The molecule has 2 fully saturated rings. The van der Waals surface area contributed by atoms with Gasteiger partial charge in [-0.05, 0) is 24.0 Å². The zero-order valence-electron chi connectivity index (χ0n) is 18.3. The Labute approximate surface area is 192 Å². The minimum atomic E-state index is -0.897. The van der Waals surface area contributed by atoms with Crippen LogP contribution >= 0.6 is 0 Å². The first-order valence-electron chi connectivity index (χ1n) is 11.2. The van der Waals surface area contributed by atoms with Crippen molar-refractivity contribution in [2.45, 2.75) is 43.7 Å². The molecule has 4 rings (SSSR count). The van der Waals surface area contributed by atoms with Gasteiger partial charge in [-0.25, -0.2) is 4.79 Å². The van der Waals surface area contributed by atoms with Gasteiger partial charge in [-0.3, -0.25) is 19.3 Å². The molecule has 172 valence electrons. The van der Waals surface area contributed by atoms with Crippen LogP contribution < -0.4 is 10.6 Å². The van der Waals surface area contributed by atoms with Crippen LogP contribution in [-0.4, -0.2) is 47.4 Å². The summed E-state index contributed by atoms with van der Waals surface area (Å²) in [6.45, 7) is -1.02. The zero-order chi connectivity index (χ0) is 23.3. The van der Waals surface area contributed by atoms with E-state index < -0.39 is 42.6 Å². The fourth-order valence-corrected chi connectivity index (χ4v) is 4.49. The number of hydrogen-bond donors (Lipinski definition) is 2. The summed E-state index contributed by atoms with van der Waals surface area (Å²) in [5.74, 6) is -1.68. The quantitative estimate of drug-likeness (QED) is 0.500. The van der Waals surface area contributed by atoms with Crippen molar-refractivity contribution in [2.24, 2.45) is 0 Å². The summed E-state index contributed by atoms with van der Waals surface area (Å²) in [4.78, 5) is 50.9. The van der Waals surface area contributed by atoms with Gasteiger partial charge in [-0.1, -0.05) is 79.9 Å². The average molecular weight is 450 g/mol. The monoisotopic (exact) mass is 449 g/mol. The zero-order valence-corrected chi connectivity index (χ0v) is 18.3. The van der Waals surface area contributed by atoms with Crippen LogP contribution in [0.1, 0.15) is 49.3 Å². The summed E-state index contributed by atoms with van der Waals surface area (Å²) in [7, 11) is 0. The van der Waals surface area contributed by atoms with E-state index in [0.717, 1.165) is 35.3 Å². The second-order valence-corrected chi connectivity index (χ2v) is 8.45. The van der Waals surface area contributed by atoms with Gasteiger partial charge in [0.1, 0.15) is 12.1 Å². The summed E-state index contributed by atoms with van der Waals surface area (Å²) in [5, 5.41) is 5.64. The van der Waals surface area contributed by atoms with Crippen molar-refractivity contribution in [1.82, 2.24) is 15.5 Å². The molecule has 2 aromatic carbocycles. The molecule has 1 heterocycles. The van der Waals surface area contributed by atoms with Gasteiger partial charge < -0.3 is 15.4 Å². The Bertz CT molecular complexity index is 979. The molecule has 1 aliphatic heterocycles. The first-order valence-corrected chi connectivity index (χ1v) is 11.2. The van der Waals surface area contributed by atoms with Gasteiger partial charge in [0.25, 0.3) is 11.8 Å². The maximum atomic E-state index is 12.8. The SMILES string of the molecule is O=C(COC(=O)CN1C(=O)NC2(CCCCC2)C1=O)NC(c1ccccc1)c1ccccc1.